The number of aryl methyl sites for hydroxylation is 1. The maximum absolute atomic E-state index is 12.3. The molecular weight excluding hydrogens is 356 g/mol. The molecule has 0 aliphatic carbocycles. The number of esters is 1. The van der Waals surface area contributed by atoms with E-state index in [2.05, 4.69) is 10.1 Å². The van der Waals surface area contributed by atoms with Crippen LogP contribution in [0.5, 0.6) is 0 Å². The van der Waals surface area contributed by atoms with E-state index >= 15 is 0 Å². The van der Waals surface area contributed by atoms with Crippen LogP contribution in [-0.2, 0) is 11.3 Å². The predicted molar refractivity (Wildman–Crippen MR) is 94.8 cm³/mol. The number of carbonyl (C=O) groups excluding carboxylic acids is 1. The van der Waals surface area contributed by atoms with Gasteiger partial charge in [-0.15, -0.1) is 0 Å². The second-order valence-corrected chi connectivity index (χ2v) is 6.03. The molecule has 0 fully saturated rings. The number of para-hydroxylation sites is 1. The minimum Gasteiger partial charge on any atom is -0.450 e. The number of hydrogen-bond donors (Lipinski definition) is 0. The zero-order chi connectivity index (χ0) is 18.1. The van der Waals surface area contributed by atoms with Gasteiger partial charge in [0, 0.05) is 16.5 Å². The van der Waals surface area contributed by atoms with Crippen molar-refractivity contribution in [2.75, 3.05) is 0 Å². The number of ether oxygens (including phenoxy) is 1. The van der Waals surface area contributed by atoms with Crippen LogP contribution in [0.4, 0.5) is 0 Å². The van der Waals surface area contributed by atoms with Crippen LogP contribution in [0.2, 0.25) is 5.02 Å². The van der Waals surface area contributed by atoms with Gasteiger partial charge in [0.25, 0.3) is 5.89 Å². The van der Waals surface area contributed by atoms with Gasteiger partial charge < -0.3 is 13.7 Å². The third-order valence-electron chi connectivity index (χ3n) is 3.94. The number of furan rings is 1. The highest BCUT2D eigenvalue weighted by atomic mass is 35.5. The molecular formula is C19H13ClN2O4. The maximum atomic E-state index is 12.3. The first kappa shape index (κ1) is 16.4. The molecule has 0 aliphatic heterocycles. The summed E-state index contributed by atoms with van der Waals surface area (Å²) in [4.78, 5) is 16.5. The first-order valence-corrected chi connectivity index (χ1v) is 8.24. The van der Waals surface area contributed by atoms with Crippen LogP contribution in [0.25, 0.3) is 22.4 Å². The summed E-state index contributed by atoms with van der Waals surface area (Å²) in [6.07, 6.45) is 0. The van der Waals surface area contributed by atoms with Crippen molar-refractivity contribution in [1.82, 2.24) is 10.1 Å². The molecule has 0 amide bonds. The molecule has 7 heteroatoms. The fourth-order valence-electron chi connectivity index (χ4n) is 2.63. The van der Waals surface area contributed by atoms with Gasteiger partial charge in [-0.05, 0) is 25.1 Å². The van der Waals surface area contributed by atoms with E-state index in [0.717, 1.165) is 10.9 Å². The molecule has 0 saturated heterocycles. The number of rotatable bonds is 4. The third-order valence-corrected chi connectivity index (χ3v) is 4.27. The fraction of sp³-hybridized carbons (Fsp3) is 0.105. The molecule has 0 atom stereocenters. The Morgan fingerprint density at radius 1 is 1.15 bits per heavy atom. The summed E-state index contributed by atoms with van der Waals surface area (Å²) in [5.41, 5.74) is 2.01. The van der Waals surface area contributed by atoms with Crippen molar-refractivity contribution in [3.05, 3.63) is 70.8 Å². The van der Waals surface area contributed by atoms with Crippen LogP contribution in [0.15, 0.2) is 57.5 Å². The van der Waals surface area contributed by atoms with Gasteiger partial charge in [-0.25, -0.2) is 4.79 Å². The van der Waals surface area contributed by atoms with Crippen LogP contribution in [0.3, 0.4) is 0 Å². The summed E-state index contributed by atoms with van der Waals surface area (Å²) in [6.45, 7) is 1.65. The van der Waals surface area contributed by atoms with Gasteiger partial charge in [-0.1, -0.05) is 47.1 Å². The summed E-state index contributed by atoms with van der Waals surface area (Å²) in [6, 6.07) is 14.6. The van der Waals surface area contributed by atoms with Crippen molar-refractivity contribution >= 4 is 28.5 Å². The van der Waals surface area contributed by atoms with Crippen molar-refractivity contribution in [3.63, 3.8) is 0 Å². The van der Waals surface area contributed by atoms with Gasteiger partial charge in [-0.2, -0.15) is 4.98 Å². The lowest BCUT2D eigenvalue weighted by atomic mass is 10.1. The smallest absolute Gasteiger partial charge is 0.375 e. The molecule has 2 heterocycles. The summed E-state index contributed by atoms with van der Waals surface area (Å²) >= 11 is 6.11. The number of benzene rings is 2. The largest absolute Gasteiger partial charge is 0.450 e. The van der Waals surface area contributed by atoms with E-state index in [1.54, 1.807) is 18.2 Å². The highest BCUT2D eigenvalue weighted by Crippen LogP contribution is 2.27. The van der Waals surface area contributed by atoms with E-state index in [1.807, 2.05) is 37.3 Å². The third kappa shape index (κ3) is 2.95. The second kappa shape index (κ2) is 6.65. The Morgan fingerprint density at radius 2 is 1.92 bits per heavy atom. The van der Waals surface area contributed by atoms with Crippen molar-refractivity contribution in [2.45, 2.75) is 13.5 Å². The van der Waals surface area contributed by atoms with Crippen molar-refractivity contribution in [2.24, 2.45) is 0 Å². The molecule has 6 nitrogen and oxygen atoms in total. The van der Waals surface area contributed by atoms with E-state index in [4.69, 9.17) is 25.3 Å². The Kier molecular flexibility index (Phi) is 4.18. The number of hydrogen-bond acceptors (Lipinski definition) is 6. The van der Waals surface area contributed by atoms with Gasteiger partial charge in [0.15, 0.2) is 6.61 Å². The van der Waals surface area contributed by atoms with Crippen molar-refractivity contribution in [1.29, 1.82) is 0 Å². The molecule has 4 rings (SSSR count). The SMILES string of the molecule is Cc1c(C(=O)OCc2nc(-c3ccccc3Cl)no2)oc2ccccc12. The molecule has 0 bridgehead atoms. The molecule has 0 radical (unpaired) electrons. The van der Waals surface area contributed by atoms with E-state index in [-0.39, 0.29) is 18.3 Å². The predicted octanol–water partition coefficient (Wildman–Crippen LogP) is 4.80. The quantitative estimate of drug-likeness (QED) is 0.481. The van der Waals surface area contributed by atoms with E-state index in [1.165, 1.54) is 0 Å². The maximum Gasteiger partial charge on any atom is 0.375 e. The van der Waals surface area contributed by atoms with Gasteiger partial charge in [0.1, 0.15) is 5.58 Å². The number of halogens is 1. The van der Waals surface area contributed by atoms with E-state index in [0.29, 0.717) is 22.0 Å². The molecule has 0 N–H and O–H groups in total. The molecule has 0 spiro atoms. The van der Waals surface area contributed by atoms with Gasteiger partial charge in [0.2, 0.25) is 11.6 Å². The molecule has 4 aromatic rings. The molecule has 130 valence electrons. The van der Waals surface area contributed by atoms with Gasteiger partial charge in [0.05, 0.1) is 5.02 Å². The Labute approximate surface area is 153 Å². The molecule has 0 aliphatic rings. The molecule has 26 heavy (non-hydrogen) atoms. The Hall–Kier alpha value is -3.12. The highest BCUT2D eigenvalue weighted by Gasteiger charge is 2.20. The number of carbonyl (C=O) groups is 1. The molecule has 0 saturated carbocycles. The van der Waals surface area contributed by atoms with E-state index < -0.39 is 5.97 Å². The lowest BCUT2D eigenvalue weighted by Crippen LogP contribution is -2.05. The first-order valence-electron chi connectivity index (χ1n) is 7.86. The summed E-state index contributed by atoms with van der Waals surface area (Å²) in [5.74, 6) is 0.0804. The first-order chi connectivity index (χ1) is 12.6. The van der Waals surface area contributed by atoms with Gasteiger partial charge >= 0.3 is 5.97 Å². The lowest BCUT2D eigenvalue weighted by Gasteiger charge is -1.99. The number of aromatic nitrogens is 2. The average molecular weight is 369 g/mol. The Balaban J connectivity index is 1.50. The van der Waals surface area contributed by atoms with E-state index in [9.17, 15) is 4.79 Å². The minimum absolute atomic E-state index is 0.160. The number of nitrogens with zero attached hydrogens (tertiary/aromatic N) is 2. The van der Waals surface area contributed by atoms with Crippen LogP contribution < -0.4 is 0 Å². The zero-order valence-electron chi connectivity index (χ0n) is 13.7. The lowest BCUT2D eigenvalue weighted by molar-refractivity contribution is 0.0395. The normalized spacial score (nSPS) is 11.0. The Bertz CT molecular complexity index is 1100. The Morgan fingerprint density at radius 3 is 2.73 bits per heavy atom. The van der Waals surface area contributed by atoms with Gasteiger partial charge in [-0.3, -0.25) is 0 Å². The molecule has 2 aromatic heterocycles. The zero-order valence-corrected chi connectivity index (χ0v) is 14.5. The van der Waals surface area contributed by atoms with Crippen LogP contribution in [0.1, 0.15) is 22.0 Å². The van der Waals surface area contributed by atoms with Crippen LogP contribution in [-0.4, -0.2) is 16.1 Å². The molecule has 0 unspecified atom stereocenters. The van der Waals surface area contributed by atoms with Crippen molar-refractivity contribution < 1.29 is 18.5 Å². The number of fused-ring (bicyclic) bond motifs is 1. The fourth-order valence-corrected chi connectivity index (χ4v) is 2.85. The van der Waals surface area contributed by atoms with Crippen LogP contribution >= 0.6 is 11.6 Å². The summed E-state index contributed by atoms with van der Waals surface area (Å²) < 4.78 is 15.9. The molecule has 2 aromatic carbocycles. The monoisotopic (exact) mass is 368 g/mol. The van der Waals surface area contributed by atoms with Crippen LogP contribution in [0, 0.1) is 6.92 Å². The summed E-state index contributed by atoms with van der Waals surface area (Å²) in [5, 5.41) is 5.25. The topological polar surface area (TPSA) is 78.4 Å². The average Bonchev–Trinajstić information content (AvgIpc) is 3.25. The standard InChI is InChI=1S/C19H13ClN2O4/c1-11-12-6-3-5-9-15(12)25-17(11)19(23)24-10-16-21-18(22-26-16)13-7-2-4-8-14(13)20/h2-9H,10H2,1H3. The highest BCUT2D eigenvalue weighted by molar-refractivity contribution is 6.33. The summed E-state index contributed by atoms with van der Waals surface area (Å²) in [7, 11) is 0. The minimum atomic E-state index is -0.587. The van der Waals surface area contributed by atoms with Crippen molar-refractivity contribution in [3.8, 4) is 11.4 Å². The second-order valence-electron chi connectivity index (χ2n) is 5.62.